The van der Waals surface area contributed by atoms with Crippen molar-refractivity contribution in [2.45, 2.75) is 26.7 Å². The van der Waals surface area contributed by atoms with Gasteiger partial charge in [0.25, 0.3) is 0 Å². The molecule has 0 amide bonds. The van der Waals surface area contributed by atoms with Gasteiger partial charge >= 0.3 is 0 Å². The predicted octanol–water partition coefficient (Wildman–Crippen LogP) is 4.81. The lowest BCUT2D eigenvalue weighted by atomic mass is 10.1. The van der Waals surface area contributed by atoms with Crippen molar-refractivity contribution in [3.8, 4) is 11.5 Å². The first-order valence-electron chi connectivity index (χ1n) is 9.42. The van der Waals surface area contributed by atoms with Gasteiger partial charge in [-0.3, -0.25) is 9.67 Å². The first-order valence-corrected chi connectivity index (χ1v) is 9.42. The number of nitrogens with two attached hydrogens (primary N) is 1. The number of rotatable bonds is 7. The zero-order valence-electron chi connectivity index (χ0n) is 17.1. The second-order valence-corrected chi connectivity index (χ2v) is 6.71. The lowest BCUT2D eigenvalue weighted by Gasteiger charge is -2.09. The molecular formula is C22H28IN5O. The fraction of sp³-hybridized carbons (Fsp3) is 0.273. The van der Waals surface area contributed by atoms with Crippen molar-refractivity contribution in [3.05, 3.63) is 71.5 Å². The summed E-state index contributed by atoms with van der Waals surface area (Å²) in [5.41, 5.74) is 10.5. The number of guanidine groups is 1. The maximum atomic E-state index is 6.03. The van der Waals surface area contributed by atoms with E-state index < -0.39 is 0 Å². The number of aliphatic imine (C=N–C) groups is 1. The molecular weight excluding hydrogens is 477 g/mol. The second-order valence-electron chi connectivity index (χ2n) is 6.71. The van der Waals surface area contributed by atoms with Gasteiger partial charge in [0, 0.05) is 31.0 Å². The number of aromatic nitrogens is 2. The average Bonchev–Trinajstić information content (AvgIpc) is 2.92. The van der Waals surface area contributed by atoms with E-state index in [9.17, 15) is 0 Å². The molecule has 2 aromatic carbocycles. The molecule has 0 bridgehead atoms. The Kier molecular flexibility index (Phi) is 8.50. The molecule has 0 saturated heterocycles. The van der Waals surface area contributed by atoms with E-state index in [1.165, 1.54) is 11.3 Å². The standard InChI is InChI=1S/C22H27N5O.HI/c1-16-21(17(2)27(3)26-16)13-8-14-24-22(23)25-18-9-7-12-20(15-18)28-19-10-5-4-6-11-19;/h4-7,9-12,15H,8,13-14H2,1-3H3,(H3,23,24,25);1H. The third-order valence-electron chi connectivity index (χ3n) is 4.61. The van der Waals surface area contributed by atoms with Crippen molar-refractivity contribution < 1.29 is 4.74 Å². The van der Waals surface area contributed by atoms with Crippen LogP contribution in [0, 0.1) is 13.8 Å². The van der Waals surface area contributed by atoms with Crippen molar-refractivity contribution in [1.82, 2.24) is 9.78 Å². The summed E-state index contributed by atoms with van der Waals surface area (Å²) in [4.78, 5) is 4.43. The van der Waals surface area contributed by atoms with Crippen LogP contribution in [-0.2, 0) is 13.5 Å². The number of ether oxygens (including phenoxy) is 1. The number of halogens is 1. The second kappa shape index (κ2) is 10.8. The van der Waals surface area contributed by atoms with E-state index in [-0.39, 0.29) is 24.0 Å². The molecule has 6 nitrogen and oxygen atoms in total. The first kappa shape index (κ1) is 22.7. The number of nitrogens with zero attached hydrogens (tertiary/aromatic N) is 3. The molecule has 1 aromatic heterocycles. The molecule has 0 radical (unpaired) electrons. The minimum Gasteiger partial charge on any atom is -0.457 e. The van der Waals surface area contributed by atoms with E-state index in [2.05, 4.69) is 22.3 Å². The molecule has 0 saturated carbocycles. The number of para-hydroxylation sites is 1. The molecule has 1 heterocycles. The Bertz CT molecular complexity index is 953. The topological polar surface area (TPSA) is 77.5 Å². The largest absolute Gasteiger partial charge is 0.457 e. The monoisotopic (exact) mass is 505 g/mol. The van der Waals surface area contributed by atoms with E-state index in [4.69, 9.17) is 10.5 Å². The molecule has 154 valence electrons. The van der Waals surface area contributed by atoms with Crippen molar-refractivity contribution in [3.63, 3.8) is 0 Å². The molecule has 3 N–H and O–H groups in total. The Labute approximate surface area is 189 Å². The van der Waals surface area contributed by atoms with Crippen molar-refractivity contribution in [2.75, 3.05) is 11.9 Å². The minimum atomic E-state index is 0. The van der Waals surface area contributed by atoms with Crippen LogP contribution in [0.15, 0.2) is 59.6 Å². The van der Waals surface area contributed by atoms with Crippen LogP contribution >= 0.6 is 24.0 Å². The molecule has 0 atom stereocenters. The smallest absolute Gasteiger partial charge is 0.193 e. The van der Waals surface area contributed by atoms with Crippen LogP contribution in [0.2, 0.25) is 0 Å². The number of aryl methyl sites for hydroxylation is 2. The third-order valence-corrected chi connectivity index (χ3v) is 4.61. The molecule has 29 heavy (non-hydrogen) atoms. The van der Waals surface area contributed by atoms with Crippen LogP contribution in [-0.4, -0.2) is 22.3 Å². The highest BCUT2D eigenvalue weighted by Crippen LogP contribution is 2.23. The Morgan fingerprint density at radius 2 is 1.83 bits per heavy atom. The zero-order chi connectivity index (χ0) is 19.9. The molecule has 3 rings (SSSR count). The number of anilines is 1. The minimum absolute atomic E-state index is 0. The Morgan fingerprint density at radius 3 is 2.52 bits per heavy atom. The van der Waals surface area contributed by atoms with Crippen LogP contribution in [0.3, 0.4) is 0 Å². The number of hydrogen-bond donors (Lipinski definition) is 2. The Hall–Kier alpha value is -2.55. The highest BCUT2D eigenvalue weighted by atomic mass is 127. The third kappa shape index (κ3) is 6.49. The Morgan fingerprint density at radius 1 is 1.10 bits per heavy atom. The fourth-order valence-corrected chi connectivity index (χ4v) is 3.08. The van der Waals surface area contributed by atoms with Crippen LogP contribution in [0.25, 0.3) is 0 Å². The van der Waals surface area contributed by atoms with Gasteiger partial charge in [-0.2, -0.15) is 5.10 Å². The van der Waals surface area contributed by atoms with E-state index in [1.54, 1.807) is 0 Å². The van der Waals surface area contributed by atoms with Crippen LogP contribution in [0.4, 0.5) is 5.69 Å². The molecule has 3 aromatic rings. The average molecular weight is 505 g/mol. The summed E-state index contributed by atoms with van der Waals surface area (Å²) < 4.78 is 7.77. The summed E-state index contributed by atoms with van der Waals surface area (Å²) in [5.74, 6) is 1.94. The van der Waals surface area contributed by atoms with E-state index in [1.807, 2.05) is 73.3 Å². The van der Waals surface area contributed by atoms with Gasteiger partial charge in [0.1, 0.15) is 11.5 Å². The van der Waals surface area contributed by atoms with Crippen LogP contribution in [0.5, 0.6) is 11.5 Å². The summed E-state index contributed by atoms with van der Waals surface area (Å²) in [6.07, 6.45) is 1.87. The van der Waals surface area contributed by atoms with Gasteiger partial charge in [0.15, 0.2) is 5.96 Å². The summed E-state index contributed by atoms with van der Waals surface area (Å²) in [7, 11) is 1.97. The summed E-state index contributed by atoms with van der Waals surface area (Å²) in [6, 6.07) is 17.3. The van der Waals surface area contributed by atoms with Crippen molar-refractivity contribution in [1.29, 1.82) is 0 Å². The SMILES string of the molecule is Cc1nn(C)c(C)c1CCCN=C(N)Nc1cccc(Oc2ccccc2)c1.I. The molecule has 7 heteroatoms. The predicted molar refractivity (Wildman–Crippen MR) is 129 cm³/mol. The fourth-order valence-electron chi connectivity index (χ4n) is 3.08. The molecule has 0 fully saturated rings. The maximum Gasteiger partial charge on any atom is 0.193 e. The van der Waals surface area contributed by atoms with Gasteiger partial charge in [-0.15, -0.1) is 24.0 Å². The van der Waals surface area contributed by atoms with E-state index >= 15 is 0 Å². The number of benzene rings is 2. The van der Waals surface area contributed by atoms with Crippen molar-refractivity contribution in [2.24, 2.45) is 17.8 Å². The van der Waals surface area contributed by atoms with E-state index in [0.717, 1.165) is 35.7 Å². The molecule has 0 unspecified atom stereocenters. The van der Waals surface area contributed by atoms with Gasteiger partial charge in [0.2, 0.25) is 0 Å². The van der Waals surface area contributed by atoms with E-state index in [0.29, 0.717) is 12.5 Å². The van der Waals surface area contributed by atoms with Gasteiger partial charge in [0.05, 0.1) is 5.69 Å². The van der Waals surface area contributed by atoms with Gasteiger partial charge in [-0.1, -0.05) is 24.3 Å². The van der Waals surface area contributed by atoms with Crippen LogP contribution < -0.4 is 15.8 Å². The number of hydrogen-bond acceptors (Lipinski definition) is 3. The first-order chi connectivity index (χ1) is 13.5. The summed E-state index contributed by atoms with van der Waals surface area (Å²) >= 11 is 0. The van der Waals surface area contributed by atoms with Gasteiger partial charge in [-0.25, -0.2) is 0 Å². The lowest BCUT2D eigenvalue weighted by molar-refractivity contribution is 0.483. The van der Waals surface area contributed by atoms with Gasteiger partial charge < -0.3 is 15.8 Å². The molecule has 0 aliphatic heterocycles. The quantitative estimate of drug-likeness (QED) is 0.209. The highest BCUT2D eigenvalue weighted by molar-refractivity contribution is 14.0. The summed E-state index contributed by atoms with van der Waals surface area (Å²) in [6.45, 7) is 4.80. The normalized spacial score (nSPS) is 11.1. The molecule has 0 aliphatic rings. The van der Waals surface area contributed by atoms with Crippen LogP contribution in [0.1, 0.15) is 23.4 Å². The molecule has 0 spiro atoms. The Balaban J connectivity index is 0.00000300. The highest BCUT2D eigenvalue weighted by Gasteiger charge is 2.08. The molecule has 0 aliphatic carbocycles. The van der Waals surface area contributed by atoms with Gasteiger partial charge in [-0.05, 0) is 56.5 Å². The zero-order valence-corrected chi connectivity index (χ0v) is 19.4. The maximum absolute atomic E-state index is 6.03. The summed E-state index contributed by atoms with van der Waals surface area (Å²) in [5, 5.41) is 7.58. The van der Waals surface area contributed by atoms with Crippen molar-refractivity contribution >= 4 is 35.6 Å². The lowest BCUT2D eigenvalue weighted by Crippen LogP contribution is -2.22. The number of nitrogens with one attached hydrogen (secondary N) is 1.